The standard InChI is InChI=1S/C22H22N2O5/c1-27-18-12-16(13-19(28-2)21(18)29-3)23-22(26)20(25)17-10-7-11-24(17)14-15-8-5-4-6-9-15/h4-13H,14H2,1-3H3,(H,23,26). The maximum Gasteiger partial charge on any atom is 0.298 e. The van der Waals surface area contributed by atoms with Gasteiger partial charge in [-0.3, -0.25) is 9.59 Å². The van der Waals surface area contributed by atoms with Crippen LogP contribution >= 0.6 is 0 Å². The van der Waals surface area contributed by atoms with Crippen molar-refractivity contribution in [2.45, 2.75) is 6.54 Å². The van der Waals surface area contributed by atoms with Crippen LogP contribution < -0.4 is 19.5 Å². The van der Waals surface area contributed by atoms with Crippen molar-refractivity contribution in [3.63, 3.8) is 0 Å². The van der Waals surface area contributed by atoms with Crippen LogP contribution in [-0.2, 0) is 11.3 Å². The van der Waals surface area contributed by atoms with Gasteiger partial charge in [0.1, 0.15) is 0 Å². The van der Waals surface area contributed by atoms with Crippen molar-refractivity contribution in [1.29, 1.82) is 0 Å². The summed E-state index contributed by atoms with van der Waals surface area (Å²) in [5.41, 5.74) is 1.69. The molecule has 29 heavy (non-hydrogen) atoms. The summed E-state index contributed by atoms with van der Waals surface area (Å²) in [6.07, 6.45) is 1.77. The van der Waals surface area contributed by atoms with Gasteiger partial charge in [0, 0.05) is 30.6 Å². The van der Waals surface area contributed by atoms with Crippen molar-refractivity contribution in [2.75, 3.05) is 26.6 Å². The summed E-state index contributed by atoms with van der Waals surface area (Å²) in [5.74, 6) is -0.243. The first-order valence-corrected chi connectivity index (χ1v) is 8.92. The Morgan fingerprint density at radius 1 is 0.897 bits per heavy atom. The van der Waals surface area contributed by atoms with E-state index in [1.165, 1.54) is 21.3 Å². The zero-order valence-electron chi connectivity index (χ0n) is 16.5. The molecule has 0 radical (unpaired) electrons. The summed E-state index contributed by atoms with van der Waals surface area (Å²) in [7, 11) is 4.44. The predicted molar refractivity (Wildman–Crippen MR) is 109 cm³/mol. The lowest BCUT2D eigenvalue weighted by atomic mass is 10.2. The number of nitrogens with one attached hydrogen (secondary N) is 1. The molecule has 0 spiro atoms. The minimum Gasteiger partial charge on any atom is -0.493 e. The highest BCUT2D eigenvalue weighted by Crippen LogP contribution is 2.39. The number of ketones is 1. The normalized spacial score (nSPS) is 10.3. The van der Waals surface area contributed by atoms with Crippen molar-refractivity contribution >= 4 is 17.4 Å². The predicted octanol–water partition coefficient (Wildman–Crippen LogP) is 3.38. The van der Waals surface area contributed by atoms with Crippen LogP contribution in [0.5, 0.6) is 17.2 Å². The number of carbonyl (C=O) groups is 2. The summed E-state index contributed by atoms with van der Waals surface area (Å²) in [4.78, 5) is 25.3. The van der Waals surface area contributed by atoms with Gasteiger partial charge in [-0.25, -0.2) is 0 Å². The molecule has 0 saturated heterocycles. The summed E-state index contributed by atoms with van der Waals surface area (Å²) in [5, 5.41) is 2.60. The number of rotatable bonds is 8. The zero-order chi connectivity index (χ0) is 20.8. The van der Waals surface area contributed by atoms with Crippen molar-refractivity contribution in [3.8, 4) is 17.2 Å². The molecule has 0 bridgehead atoms. The van der Waals surface area contributed by atoms with Crippen LogP contribution in [-0.4, -0.2) is 37.6 Å². The van der Waals surface area contributed by atoms with E-state index in [1.54, 1.807) is 35.0 Å². The quantitative estimate of drug-likeness (QED) is 0.468. The number of hydrogen-bond acceptors (Lipinski definition) is 5. The molecular weight excluding hydrogens is 372 g/mol. The molecule has 1 N–H and O–H groups in total. The maximum atomic E-state index is 12.7. The number of Topliss-reactive ketones (excluding diaryl/α,β-unsaturated/α-hetero) is 1. The molecule has 150 valence electrons. The Balaban J connectivity index is 1.80. The number of amides is 1. The van der Waals surface area contributed by atoms with Crippen molar-refractivity contribution in [3.05, 3.63) is 72.1 Å². The summed E-state index contributed by atoms with van der Waals surface area (Å²) >= 11 is 0. The molecule has 1 heterocycles. The van der Waals surface area contributed by atoms with Gasteiger partial charge in [0.05, 0.1) is 27.0 Å². The second-order valence-electron chi connectivity index (χ2n) is 6.20. The van der Waals surface area contributed by atoms with Gasteiger partial charge in [0.25, 0.3) is 11.7 Å². The third kappa shape index (κ3) is 4.40. The molecule has 1 amide bonds. The van der Waals surface area contributed by atoms with E-state index < -0.39 is 11.7 Å². The molecule has 0 aliphatic heterocycles. The highest BCUT2D eigenvalue weighted by atomic mass is 16.5. The largest absolute Gasteiger partial charge is 0.493 e. The number of carbonyl (C=O) groups excluding carboxylic acids is 2. The third-order valence-electron chi connectivity index (χ3n) is 4.39. The molecule has 0 aliphatic rings. The first-order chi connectivity index (χ1) is 14.1. The van der Waals surface area contributed by atoms with Crippen LogP contribution in [0.1, 0.15) is 16.1 Å². The monoisotopic (exact) mass is 394 g/mol. The van der Waals surface area contributed by atoms with E-state index in [2.05, 4.69) is 5.32 Å². The lowest BCUT2D eigenvalue weighted by Gasteiger charge is -2.14. The third-order valence-corrected chi connectivity index (χ3v) is 4.39. The number of ether oxygens (including phenoxy) is 3. The first kappa shape index (κ1) is 20.0. The van der Waals surface area contributed by atoms with E-state index in [-0.39, 0.29) is 0 Å². The second-order valence-corrected chi connectivity index (χ2v) is 6.20. The lowest BCUT2D eigenvalue weighted by molar-refractivity contribution is -0.112. The molecular formula is C22H22N2O5. The first-order valence-electron chi connectivity index (χ1n) is 8.92. The van der Waals surface area contributed by atoms with E-state index in [4.69, 9.17) is 14.2 Å². The number of benzene rings is 2. The fraction of sp³-hybridized carbons (Fsp3) is 0.182. The lowest BCUT2D eigenvalue weighted by Crippen LogP contribution is -2.25. The number of hydrogen-bond donors (Lipinski definition) is 1. The minimum absolute atomic E-state index is 0.304. The summed E-state index contributed by atoms with van der Waals surface area (Å²) in [6.45, 7) is 0.492. The average molecular weight is 394 g/mol. The molecule has 0 saturated carbocycles. The molecule has 7 nitrogen and oxygen atoms in total. The molecule has 0 unspecified atom stereocenters. The minimum atomic E-state index is -0.757. The van der Waals surface area contributed by atoms with Crippen LogP contribution in [0.3, 0.4) is 0 Å². The van der Waals surface area contributed by atoms with E-state index in [0.717, 1.165) is 5.56 Å². The van der Waals surface area contributed by atoms with Crippen molar-refractivity contribution < 1.29 is 23.8 Å². The van der Waals surface area contributed by atoms with Crippen LogP contribution in [0, 0.1) is 0 Å². The van der Waals surface area contributed by atoms with Crippen LogP contribution in [0.2, 0.25) is 0 Å². The Labute approximate surface area is 168 Å². The van der Waals surface area contributed by atoms with E-state index >= 15 is 0 Å². The van der Waals surface area contributed by atoms with Gasteiger partial charge >= 0.3 is 0 Å². The SMILES string of the molecule is COc1cc(NC(=O)C(=O)c2cccn2Cc2ccccc2)cc(OC)c1OC. The molecule has 0 atom stereocenters. The van der Waals surface area contributed by atoms with E-state index in [0.29, 0.717) is 35.2 Å². The van der Waals surface area contributed by atoms with Gasteiger partial charge in [-0.15, -0.1) is 0 Å². The van der Waals surface area contributed by atoms with Crippen molar-refractivity contribution in [2.24, 2.45) is 0 Å². The number of aromatic nitrogens is 1. The molecule has 0 aliphatic carbocycles. The van der Waals surface area contributed by atoms with Gasteiger partial charge < -0.3 is 24.1 Å². The van der Waals surface area contributed by atoms with Gasteiger partial charge in [0.15, 0.2) is 11.5 Å². The smallest absolute Gasteiger partial charge is 0.298 e. The molecule has 3 rings (SSSR count). The molecule has 7 heteroatoms. The second kappa shape index (κ2) is 8.97. The Bertz CT molecular complexity index is 986. The average Bonchev–Trinajstić information content (AvgIpc) is 3.20. The van der Waals surface area contributed by atoms with E-state index in [1.807, 2.05) is 30.3 Å². The molecule has 0 fully saturated rings. The topological polar surface area (TPSA) is 78.8 Å². The molecule has 1 aromatic heterocycles. The molecule has 3 aromatic rings. The fourth-order valence-corrected chi connectivity index (χ4v) is 3.00. The van der Waals surface area contributed by atoms with Crippen LogP contribution in [0.25, 0.3) is 0 Å². The zero-order valence-corrected chi connectivity index (χ0v) is 16.5. The van der Waals surface area contributed by atoms with Crippen LogP contribution in [0.4, 0.5) is 5.69 Å². The van der Waals surface area contributed by atoms with Crippen LogP contribution in [0.15, 0.2) is 60.8 Å². The van der Waals surface area contributed by atoms with Gasteiger partial charge in [-0.2, -0.15) is 0 Å². The number of anilines is 1. The Morgan fingerprint density at radius 2 is 1.55 bits per heavy atom. The summed E-state index contributed by atoms with van der Waals surface area (Å²) in [6, 6.07) is 16.2. The Kier molecular flexibility index (Phi) is 6.19. The summed E-state index contributed by atoms with van der Waals surface area (Å²) < 4.78 is 17.6. The highest BCUT2D eigenvalue weighted by Gasteiger charge is 2.21. The van der Waals surface area contributed by atoms with E-state index in [9.17, 15) is 9.59 Å². The number of methoxy groups -OCH3 is 3. The Hall–Kier alpha value is -3.74. The maximum absolute atomic E-state index is 12.7. The van der Waals surface area contributed by atoms with Crippen molar-refractivity contribution in [1.82, 2.24) is 4.57 Å². The van der Waals surface area contributed by atoms with Gasteiger partial charge in [-0.1, -0.05) is 30.3 Å². The number of nitrogens with zero attached hydrogens (tertiary/aromatic N) is 1. The Morgan fingerprint density at radius 3 is 2.14 bits per heavy atom. The van der Waals surface area contributed by atoms with Gasteiger partial charge in [-0.05, 0) is 17.7 Å². The molecule has 2 aromatic carbocycles. The fourth-order valence-electron chi connectivity index (χ4n) is 3.00. The highest BCUT2D eigenvalue weighted by molar-refractivity contribution is 6.46. The van der Waals surface area contributed by atoms with Gasteiger partial charge in [0.2, 0.25) is 5.75 Å².